The Hall–Kier alpha value is -1.06. The average molecular weight is 245 g/mol. The van der Waals surface area contributed by atoms with Crippen LogP contribution in [0.1, 0.15) is 5.56 Å². The Morgan fingerprint density at radius 2 is 1.72 bits per heavy atom. The van der Waals surface area contributed by atoms with Crippen LogP contribution in [0.4, 0.5) is 5.69 Å². The summed E-state index contributed by atoms with van der Waals surface area (Å²) in [5, 5.41) is 0. The first-order valence-electron chi connectivity index (χ1n) is 6.95. The van der Waals surface area contributed by atoms with Gasteiger partial charge in [0.15, 0.2) is 0 Å². The van der Waals surface area contributed by atoms with Gasteiger partial charge in [-0.05, 0) is 25.1 Å². The predicted molar refractivity (Wildman–Crippen MR) is 76.3 cm³/mol. The predicted octanol–water partition coefficient (Wildman–Crippen LogP) is 1.29. The molecule has 2 aliphatic heterocycles. The Morgan fingerprint density at radius 1 is 1.00 bits per heavy atom. The van der Waals surface area contributed by atoms with Gasteiger partial charge in [0, 0.05) is 51.5 Å². The molecule has 0 bridgehead atoms. The minimum Gasteiger partial charge on any atom is -0.373 e. The van der Waals surface area contributed by atoms with E-state index in [1.165, 1.54) is 50.4 Å². The highest BCUT2D eigenvalue weighted by atomic mass is 15.3. The lowest BCUT2D eigenvalue weighted by molar-refractivity contribution is 0.112. The van der Waals surface area contributed by atoms with E-state index >= 15 is 0 Å². The lowest BCUT2D eigenvalue weighted by Crippen LogP contribution is -2.54. The molecule has 1 unspecified atom stereocenters. The van der Waals surface area contributed by atoms with E-state index in [4.69, 9.17) is 0 Å². The van der Waals surface area contributed by atoms with Crippen LogP contribution in [0, 0.1) is 0 Å². The minimum absolute atomic E-state index is 0.693. The van der Waals surface area contributed by atoms with Gasteiger partial charge in [0.25, 0.3) is 0 Å². The molecule has 0 amide bonds. The number of anilines is 1. The van der Waals surface area contributed by atoms with Crippen LogP contribution in [0.25, 0.3) is 0 Å². The van der Waals surface area contributed by atoms with E-state index < -0.39 is 0 Å². The molecular formula is C15H23N3. The van der Waals surface area contributed by atoms with Crippen LogP contribution in [0.15, 0.2) is 24.3 Å². The van der Waals surface area contributed by atoms with E-state index in [1.807, 2.05) is 0 Å². The van der Waals surface area contributed by atoms with Gasteiger partial charge in [0.2, 0.25) is 0 Å². The molecule has 1 aromatic carbocycles. The number of rotatable bonds is 1. The highest BCUT2D eigenvalue weighted by Crippen LogP contribution is 2.27. The van der Waals surface area contributed by atoms with Crippen LogP contribution in [0.2, 0.25) is 0 Å². The summed E-state index contributed by atoms with van der Waals surface area (Å²) in [6.45, 7) is 6.03. The summed E-state index contributed by atoms with van der Waals surface area (Å²) in [6.07, 6.45) is 1.21. The van der Waals surface area contributed by atoms with Gasteiger partial charge >= 0.3 is 0 Å². The summed E-state index contributed by atoms with van der Waals surface area (Å²) < 4.78 is 0. The summed E-state index contributed by atoms with van der Waals surface area (Å²) in [6, 6.07) is 9.53. The number of hydrogen-bond acceptors (Lipinski definition) is 3. The first kappa shape index (κ1) is 12.0. The fraction of sp³-hybridized carbons (Fsp3) is 0.600. The van der Waals surface area contributed by atoms with Crippen molar-refractivity contribution < 1.29 is 0 Å². The molecule has 3 nitrogen and oxygen atoms in total. The number of para-hydroxylation sites is 1. The van der Waals surface area contributed by atoms with Crippen molar-refractivity contribution in [3.05, 3.63) is 29.8 Å². The van der Waals surface area contributed by atoms with E-state index in [2.05, 4.69) is 53.1 Å². The Kier molecular flexibility index (Phi) is 3.27. The molecule has 1 atom stereocenters. The largest absolute Gasteiger partial charge is 0.373 e. The van der Waals surface area contributed by atoms with E-state index in [9.17, 15) is 0 Å². The van der Waals surface area contributed by atoms with Gasteiger partial charge in [0.1, 0.15) is 0 Å². The molecule has 0 aliphatic carbocycles. The number of fused-ring (bicyclic) bond motifs is 1. The fourth-order valence-corrected chi connectivity index (χ4v) is 3.22. The molecule has 0 saturated carbocycles. The van der Waals surface area contributed by atoms with Crippen LogP contribution >= 0.6 is 0 Å². The second-order valence-electron chi connectivity index (χ2n) is 5.71. The quantitative estimate of drug-likeness (QED) is 0.738. The van der Waals surface area contributed by atoms with Gasteiger partial charge < -0.3 is 9.80 Å². The summed E-state index contributed by atoms with van der Waals surface area (Å²) in [5.41, 5.74) is 2.93. The van der Waals surface area contributed by atoms with Gasteiger partial charge in [0.05, 0.1) is 0 Å². The van der Waals surface area contributed by atoms with Crippen molar-refractivity contribution in [1.29, 1.82) is 0 Å². The van der Waals surface area contributed by atoms with E-state index in [-0.39, 0.29) is 0 Å². The van der Waals surface area contributed by atoms with Crippen LogP contribution < -0.4 is 4.90 Å². The number of likely N-dealkylation sites (N-methyl/N-ethyl adjacent to an activating group) is 2. The Balaban J connectivity index is 1.73. The smallest absolute Gasteiger partial charge is 0.0397 e. The molecule has 2 heterocycles. The third-order valence-electron chi connectivity index (χ3n) is 4.40. The average Bonchev–Trinajstić information content (AvgIpc) is 2.39. The first-order chi connectivity index (χ1) is 8.74. The van der Waals surface area contributed by atoms with Crippen molar-refractivity contribution >= 4 is 5.69 Å². The van der Waals surface area contributed by atoms with Crippen LogP contribution in [0.5, 0.6) is 0 Å². The summed E-state index contributed by atoms with van der Waals surface area (Å²) >= 11 is 0. The fourth-order valence-electron chi connectivity index (χ4n) is 3.22. The molecule has 0 spiro atoms. The minimum atomic E-state index is 0.693. The molecule has 1 aromatic rings. The van der Waals surface area contributed by atoms with Gasteiger partial charge in [-0.1, -0.05) is 18.2 Å². The zero-order chi connectivity index (χ0) is 12.5. The Bertz CT molecular complexity index is 410. The van der Waals surface area contributed by atoms with Crippen LogP contribution in [0.3, 0.4) is 0 Å². The Morgan fingerprint density at radius 3 is 2.50 bits per heavy atom. The van der Waals surface area contributed by atoms with Crippen molar-refractivity contribution in [2.45, 2.75) is 12.5 Å². The van der Waals surface area contributed by atoms with E-state index in [0.29, 0.717) is 6.04 Å². The van der Waals surface area contributed by atoms with Crippen LogP contribution in [-0.2, 0) is 6.42 Å². The molecule has 3 heteroatoms. The topological polar surface area (TPSA) is 9.72 Å². The number of piperazine rings is 1. The number of nitrogens with zero attached hydrogens (tertiary/aromatic N) is 3. The van der Waals surface area contributed by atoms with Crippen molar-refractivity contribution in [2.24, 2.45) is 0 Å². The van der Waals surface area contributed by atoms with Crippen molar-refractivity contribution in [2.75, 3.05) is 51.7 Å². The zero-order valence-electron chi connectivity index (χ0n) is 11.5. The highest BCUT2D eigenvalue weighted by Gasteiger charge is 2.28. The van der Waals surface area contributed by atoms with Crippen molar-refractivity contribution in [3.8, 4) is 0 Å². The SMILES string of the molecule is CN1CCN(C2Cc3ccccc3N(C)C2)CC1. The molecule has 0 aromatic heterocycles. The normalized spacial score (nSPS) is 26.1. The second kappa shape index (κ2) is 4.90. The van der Waals surface area contributed by atoms with Gasteiger partial charge in [-0.2, -0.15) is 0 Å². The maximum atomic E-state index is 2.67. The second-order valence-corrected chi connectivity index (χ2v) is 5.71. The van der Waals surface area contributed by atoms with Gasteiger partial charge in [-0.25, -0.2) is 0 Å². The van der Waals surface area contributed by atoms with Crippen molar-refractivity contribution in [3.63, 3.8) is 0 Å². The summed E-state index contributed by atoms with van der Waals surface area (Å²) in [7, 11) is 4.45. The molecular weight excluding hydrogens is 222 g/mol. The highest BCUT2D eigenvalue weighted by molar-refractivity contribution is 5.55. The lowest BCUT2D eigenvalue weighted by Gasteiger charge is -2.43. The van der Waals surface area contributed by atoms with Crippen molar-refractivity contribution in [1.82, 2.24) is 9.80 Å². The first-order valence-corrected chi connectivity index (χ1v) is 6.95. The molecule has 0 N–H and O–H groups in total. The van der Waals surface area contributed by atoms with E-state index in [0.717, 1.165) is 0 Å². The van der Waals surface area contributed by atoms with Crippen LogP contribution in [-0.4, -0.2) is 62.7 Å². The zero-order valence-corrected chi connectivity index (χ0v) is 11.5. The number of hydrogen-bond donors (Lipinski definition) is 0. The molecule has 2 aliphatic rings. The third kappa shape index (κ3) is 2.25. The molecule has 1 saturated heterocycles. The number of benzene rings is 1. The standard InChI is InChI=1S/C15H23N3/c1-16-7-9-18(10-8-16)14-11-13-5-3-4-6-15(13)17(2)12-14/h3-6,14H,7-12H2,1-2H3. The van der Waals surface area contributed by atoms with Gasteiger partial charge in [-0.15, -0.1) is 0 Å². The summed E-state index contributed by atoms with van der Waals surface area (Å²) in [5.74, 6) is 0. The molecule has 18 heavy (non-hydrogen) atoms. The molecule has 3 rings (SSSR count). The van der Waals surface area contributed by atoms with Gasteiger partial charge in [-0.3, -0.25) is 4.90 Å². The molecule has 98 valence electrons. The maximum Gasteiger partial charge on any atom is 0.0397 e. The summed E-state index contributed by atoms with van der Waals surface area (Å²) in [4.78, 5) is 7.52. The molecule has 0 radical (unpaired) electrons. The monoisotopic (exact) mass is 245 g/mol. The Labute approximate surface area is 110 Å². The third-order valence-corrected chi connectivity index (χ3v) is 4.40. The lowest BCUT2D eigenvalue weighted by atomic mass is 9.97. The molecule has 1 fully saturated rings. The van der Waals surface area contributed by atoms with E-state index in [1.54, 1.807) is 0 Å². The maximum absolute atomic E-state index is 2.67.